The number of ether oxygens (including phenoxy) is 1. The van der Waals surface area contributed by atoms with Crippen molar-refractivity contribution in [3.05, 3.63) is 70.9 Å². The van der Waals surface area contributed by atoms with Gasteiger partial charge in [-0.2, -0.15) is 4.98 Å². The van der Waals surface area contributed by atoms with Gasteiger partial charge in [0.05, 0.1) is 12.2 Å². The van der Waals surface area contributed by atoms with Crippen LogP contribution >= 0.6 is 11.8 Å². The Morgan fingerprint density at radius 3 is 2.68 bits per heavy atom. The second kappa shape index (κ2) is 12.3. The molecule has 0 spiro atoms. The number of benzene rings is 2. The molecule has 0 saturated carbocycles. The van der Waals surface area contributed by atoms with Gasteiger partial charge in [0, 0.05) is 17.1 Å². The van der Waals surface area contributed by atoms with Crippen LogP contribution < -0.4 is 15.4 Å². The Hall–Kier alpha value is -3.26. The zero-order valence-electron chi connectivity index (χ0n) is 22.4. The lowest BCUT2D eigenvalue weighted by Gasteiger charge is -2.28. The minimum Gasteiger partial charge on any atom is -0.494 e. The molecule has 3 aromatic rings. The van der Waals surface area contributed by atoms with Gasteiger partial charge in [-0.05, 0) is 68.0 Å². The van der Waals surface area contributed by atoms with Crippen LogP contribution in [0.25, 0.3) is 0 Å². The molecule has 2 aromatic carbocycles. The molecule has 1 aromatic heterocycles. The van der Waals surface area contributed by atoms with Crippen molar-refractivity contribution in [3.8, 4) is 5.75 Å². The van der Waals surface area contributed by atoms with E-state index >= 15 is 0 Å². The zero-order chi connectivity index (χ0) is 26.4. The number of allylic oxidation sites excluding steroid dienone is 1. The summed E-state index contributed by atoms with van der Waals surface area (Å²) in [6.45, 7) is 11.2. The first-order valence-corrected chi connectivity index (χ1v) is 14.0. The van der Waals surface area contributed by atoms with Gasteiger partial charge in [0.2, 0.25) is 11.1 Å². The molecule has 37 heavy (non-hydrogen) atoms. The first-order chi connectivity index (χ1) is 17.9. The number of unbranched alkanes of at least 4 members (excludes halogenated alkanes) is 1. The van der Waals surface area contributed by atoms with E-state index in [9.17, 15) is 4.79 Å². The van der Waals surface area contributed by atoms with Crippen molar-refractivity contribution in [3.63, 3.8) is 0 Å². The SMILES string of the molecule is CCCCSc1nc2n(n1)C(c1ccc(OCCC(C)C)cc1)C(C(=O)Nc1cccc(C)c1)=C(C)N2. The van der Waals surface area contributed by atoms with Crippen molar-refractivity contribution in [2.45, 2.75) is 65.1 Å². The molecule has 1 unspecified atom stereocenters. The number of carbonyl (C=O) groups is 1. The Labute approximate surface area is 224 Å². The first kappa shape index (κ1) is 26.8. The number of anilines is 2. The minimum atomic E-state index is -0.418. The van der Waals surface area contributed by atoms with Crippen molar-refractivity contribution < 1.29 is 9.53 Å². The van der Waals surface area contributed by atoms with Crippen LogP contribution in [0.15, 0.2) is 65.0 Å². The molecule has 0 fully saturated rings. The molecular formula is C29H37N5O2S. The predicted octanol–water partition coefficient (Wildman–Crippen LogP) is 6.83. The van der Waals surface area contributed by atoms with Crippen LogP contribution in [0.4, 0.5) is 11.6 Å². The summed E-state index contributed by atoms with van der Waals surface area (Å²) >= 11 is 1.64. The molecule has 1 aliphatic heterocycles. The monoisotopic (exact) mass is 519 g/mol. The Morgan fingerprint density at radius 2 is 1.97 bits per heavy atom. The normalized spacial score (nSPS) is 14.9. The maximum atomic E-state index is 13.7. The van der Waals surface area contributed by atoms with Crippen LogP contribution in [0.1, 0.15) is 64.1 Å². The number of nitrogens with zero attached hydrogens (tertiary/aromatic N) is 3. The van der Waals surface area contributed by atoms with E-state index in [0.717, 1.165) is 53.3 Å². The van der Waals surface area contributed by atoms with E-state index in [2.05, 4.69) is 31.4 Å². The molecule has 7 nitrogen and oxygen atoms in total. The van der Waals surface area contributed by atoms with Crippen molar-refractivity contribution in [1.29, 1.82) is 0 Å². The van der Waals surface area contributed by atoms with Gasteiger partial charge in [0.25, 0.3) is 5.91 Å². The third-order valence-corrected chi connectivity index (χ3v) is 7.17. The number of fused-ring (bicyclic) bond motifs is 1. The number of aryl methyl sites for hydroxylation is 1. The summed E-state index contributed by atoms with van der Waals surface area (Å²) in [5, 5.41) is 11.9. The fourth-order valence-electron chi connectivity index (χ4n) is 4.18. The second-order valence-corrected chi connectivity index (χ2v) is 10.9. The molecule has 4 rings (SSSR count). The van der Waals surface area contributed by atoms with Gasteiger partial charge in [0.1, 0.15) is 11.8 Å². The van der Waals surface area contributed by atoms with Gasteiger partial charge in [-0.25, -0.2) is 4.68 Å². The maximum Gasteiger partial charge on any atom is 0.255 e. The predicted molar refractivity (Wildman–Crippen MR) is 151 cm³/mol. The van der Waals surface area contributed by atoms with Gasteiger partial charge < -0.3 is 15.4 Å². The fraction of sp³-hybridized carbons (Fsp3) is 0.414. The Morgan fingerprint density at radius 1 is 1.19 bits per heavy atom. The summed E-state index contributed by atoms with van der Waals surface area (Å²) in [5.74, 6) is 2.84. The lowest BCUT2D eigenvalue weighted by Crippen LogP contribution is -2.31. The molecule has 2 N–H and O–H groups in total. The Kier molecular flexibility index (Phi) is 8.92. The number of carbonyl (C=O) groups excluding carboxylic acids is 1. The van der Waals surface area contributed by atoms with Crippen molar-refractivity contribution >= 4 is 29.3 Å². The highest BCUT2D eigenvalue weighted by molar-refractivity contribution is 7.99. The standard InChI is InChI=1S/C29H37N5O2S/c1-6-7-17-37-29-32-28-30-21(5)25(27(35)31-23-10-8-9-20(4)18-23)26(34(28)33-29)22-11-13-24(14-12-22)36-16-15-19(2)3/h8-14,18-19,26H,6-7,15-17H2,1-5H3,(H,31,35)(H,30,32,33). The Bertz CT molecular complexity index is 1250. The van der Waals surface area contributed by atoms with Crippen LogP contribution in [0.5, 0.6) is 5.75 Å². The minimum absolute atomic E-state index is 0.167. The van der Waals surface area contributed by atoms with Crippen LogP contribution in [0.2, 0.25) is 0 Å². The fourth-order valence-corrected chi connectivity index (χ4v) is 5.10. The first-order valence-electron chi connectivity index (χ1n) is 13.0. The van der Waals surface area contributed by atoms with Crippen LogP contribution in [0.3, 0.4) is 0 Å². The van der Waals surface area contributed by atoms with E-state index in [1.165, 1.54) is 0 Å². The van der Waals surface area contributed by atoms with E-state index in [1.807, 2.05) is 67.1 Å². The number of aromatic nitrogens is 3. The number of thioether (sulfide) groups is 1. The van der Waals surface area contributed by atoms with E-state index in [0.29, 0.717) is 29.2 Å². The number of nitrogens with one attached hydrogen (secondary N) is 2. The topological polar surface area (TPSA) is 81.1 Å². The van der Waals surface area contributed by atoms with E-state index in [1.54, 1.807) is 11.8 Å². The van der Waals surface area contributed by atoms with Crippen molar-refractivity contribution in [2.75, 3.05) is 23.0 Å². The van der Waals surface area contributed by atoms with Gasteiger partial charge in [-0.15, -0.1) is 5.10 Å². The average molecular weight is 520 g/mol. The van der Waals surface area contributed by atoms with Gasteiger partial charge in [-0.1, -0.05) is 63.2 Å². The molecule has 8 heteroatoms. The molecule has 1 atom stereocenters. The summed E-state index contributed by atoms with van der Waals surface area (Å²) in [6, 6.07) is 15.4. The summed E-state index contributed by atoms with van der Waals surface area (Å²) < 4.78 is 7.77. The summed E-state index contributed by atoms with van der Waals surface area (Å²) in [6.07, 6.45) is 3.23. The zero-order valence-corrected chi connectivity index (χ0v) is 23.2. The number of hydrogen-bond acceptors (Lipinski definition) is 6. The third-order valence-electron chi connectivity index (χ3n) is 6.24. The van der Waals surface area contributed by atoms with Crippen molar-refractivity contribution in [1.82, 2.24) is 14.8 Å². The highest BCUT2D eigenvalue weighted by Crippen LogP contribution is 2.37. The van der Waals surface area contributed by atoms with Gasteiger partial charge in [0.15, 0.2) is 0 Å². The Balaban J connectivity index is 1.66. The highest BCUT2D eigenvalue weighted by atomic mass is 32.2. The number of rotatable bonds is 11. The van der Waals surface area contributed by atoms with Crippen molar-refractivity contribution in [2.24, 2.45) is 5.92 Å². The lowest BCUT2D eigenvalue weighted by atomic mass is 9.95. The van der Waals surface area contributed by atoms with E-state index in [4.69, 9.17) is 14.8 Å². The second-order valence-electron chi connectivity index (χ2n) is 9.85. The van der Waals surface area contributed by atoms with Crippen LogP contribution in [-0.4, -0.2) is 33.0 Å². The summed E-state index contributed by atoms with van der Waals surface area (Å²) in [5.41, 5.74) is 4.16. The van der Waals surface area contributed by atoms with E-state index in [-0.39, 0.29) is 5.91 Å². The van der Waals surface area contributed by atoms with Gasteiger partial charge >= 0.3 is 0 Å². The molecule has 2 heterocycles. The molecule has 0 bridgehead atoms. The largest absolute Gasteiger partial charge is 0.494 e. The maximum absolute atomic E-state index is 13.7. The molecule has 0 radical (unpaired) electrons. The summed E-state index contributed by atoms with van der Waals surface area (Å²) in [4.78, 5) is 18.4. The molecule has 0 saturated heterocycles. The van der Waals surface area contributed by atoms with Crippen LogP contribution in [-0.2, 0) is 4.79 Å². The smallest absolute Gasteiger partial charge is 0.255 e. The summed E-state index contributed by atoms with van der Waals surface area (Å²) in [7, 11) is 0. The number of amides is 1. The highest BCUT2D eigenvalue weighted by Gasteiger charge is 2.34. The third kappa shape index (κ3) is 6.74. The molecule has 0 aliphatic carbocycles. The quantitative estimate of drug-likeness (QED) is 0.213. The molecule has 1 aliphatic rings. The van der Waals surface area contributed by atoms with Crippen LogP contribution in [0, 0.1) is 12.8 Å². The molecule has 196 valence electrons. The van der Waals surface area contributed by atoms with E-state index < -0.39 is 6.04 Å². The van der Waals surface area contributed by atoms with Gasteiger partial charge in [-0.3, -0.25) is 4.79 Å². The molecular weight excluding hydrogens is 482 g/mol. The lowest BCUT2D eigenvalue weighted by molar-refractivity contribution is -0.113. The molecule has 1 amide bonds. The average Bonchev–Trinajstić information content (AvgIpc) is 3.25. The number of hydrogen-bond donors (Lipinski definition) is 2.